The molecule has 0 bridgehead atoms. The number of carbonyl (C=O) groups excluding carboxylic acids is 2. The fourth-order valence-corrected chi connectivity index (χ4v) is 7.13. The van der Waals surface area contributed by atoms with E-state index >= 15 is 0 Å². The molecule has 2 aliphatic heterocycles. The zero-order valence-electron chi connectivity index (χ0n) is 22.0. The Morgan fingerprint density at radius 1 is 1.03 bits per heavy atom. The molecule has 6 heteroatoms. The van der Waals surface area contributed by atoms with Gasteiger partial charge in [-0.2, -0.15) is 0 Å². The van der Waals surface area contributed by atoms with Crippen molar-refractivity contribution in [1.29, 1.82) is 0 Å². The number of hydrogen-bond donors (Lipinski definition) is 2. The fourth-order valence-electron chi connectivity index (χ4n) is 7.13. The van der Waals surface area contributed by atoms with E-state index in [2.05, 4.69) is 64.1 Å². The van der Waals surface area contributed by atoms with Crippen molar-refractivity contribution < 1.29 is 14.3 Å². The monoisotopic (exact) mass is 511 g/mol. The van der Waals surface area contributed by atoms with Gasteiger partial charge in [0.05, 0.1) is 19.1 Å². The van der Waals surface area contributed by atoms with Crippen LogP contribution < -0.4 is 15.4 Å². The molecule has 38 heavy (non-hydrogen) atoms. The number of fused-ring (bicyclic) bond motifs is 3. The first-order valence-corrected chi connectivity index (χ1v) is 14.1. The van der Waals surface area contributed by atoms with E-state index in [9.17, 15) is 9.59 Å². The third-order valence-electron chi connectivity index (χ3n) is 9.00. The largest absolute Gasteiger partial charge is 0.497 e. The van der Waals surface area contributed by atoms with Crippen LogP contribution in [-0.2, 0) is 4.79 Å². The molecule has 2 aromatic rings. The summed E-state index contributed by atoms with van der Waals surface area (Å²) >= 11 is 0. The first-order chi connectivity index (χ1) is 18.6. The Balaban J connectivity index is 1.24. The number of rotatable bonds is 5. The first kappa shape index (κ1) is 24.8. The normalized spacial score (nSPS) is 29.7. The highest BCUT2D eigenvalue weighted by Crippen LogP contribution is 2.49. The highest BCUT2D eigenvalue weighted by molar-refractivity contribution is 5.95. The lowest BCUT2D eigenvalue weighted by Crippen LogP contribution is -2.51. The third kappa shape index (κ3) is 4.61. The maximum atomic E-state index is 14.3. The van der Waals surface area contributed by atoms with Crippen molar-refractivity contribution in [1.82, 2.24) is 10.2 Å². The molecule has 2 aromatic carbocycles. The van der Waals surface area contributed by atoms with Crippen LogP contribution in [0.2, 0.25) is 0 Å². The molecule has 6 nitrogen and oxygen atoms in total. The molecule has 6 rings (SSSR count). The molecule has 0 radical (unpaired) electrons. The molecular formula is C32H37N3O3. The van der Waals surface area contributed by atoms with Crippen molar-refractivity contribution in [2.24, 2.45) is 17.8 Å². The molecule has 2 N–H and O–H groups in total. The fraction of sp³-hybridized carbons (Fsp3) is 0.438. The van der Waals surface area contributed by atoms with Crippen LogP contribution in [0.25, 0.3) is 0 Å². The minimum absolute atomic E-state index is 0.0703. The maximum Gasteiger partial charge on any atom is 0.251 e. The van der Waals surface area contributed by atoms with Crippen LogP contribution in [0.15, 0.2) is 72.8 Å². The van der Waals surface area contributed by atoms with Crippen molar-refractivity contribution in [2.45, 2.75) is 56.7 Å². The van der Waals surface area contributed by atoms with Gasteiger partial charge in [0.2, 0.25) is 5.91 Å². The van der Waals surface area contributed by atoms with E-state index in [1.165, 1.54) is 5.56 Å². The van der Waals surface area contributed by atoms with Crippen molar-refractivity contribution in [3.8, 4) is 5.75 Å². The van der Waals surface area contributed by atoms with Crippen LogP contribution >= 0.6 is 0 Å². The van der Waals surface area contributed by atoms with E-state index in [0.717, 1.165) is 50.8 Å². The smallest absolute Gasteiger partial charge is 0.251 e. The molecule has 1 saturated heterocycles. The highest BCUT2D eigenvalue weighted by Gasteiger charge is 2.49. The molecular weight excluding hydrogens is 474 g/mol. The number of allylic oxidation sites excluding steroid dienone is 3. The lowest BCUT2D eigenvalue weighted by atomic mass is 9.75. The van der Waals surface area contributed by atoms with Gasteiger partial charge in [0, 0.05) is 41.7 Å². The quantitative estimate of drug-likeness (QED) is 0.556. The number of para-hydroxylation sites is 1. The second kappa shape index (κ2) is 10.7. The number of methoxy groups -OCH3 is 1. The number of nitrogens with zero attached hydrogens (tertiary/aromatic N) is 1. The third-order valence-corrected chi connectivity index (χ3v) is 9.00. The SMILES string of the molecule is COc1cccc(C(=O)N[C@@H]2CCCC[C@@H]2C(=O)N2CC[C@@H]3[C@H](C4C=CC=CC4)Nc4ccccc4[C@@H]32)c1. The van der Waals surface area contributed by atoms with Crippen LogP contribution in [0.4, 0.5) is 5.69 Å². The summed E-state index contributed by atoms with van der Waals surface area (Å²) in [5.74, 6) is 1.29. The molecule has 2 aliphatic carbocycles. The number of nitrogens with one attached hydrogen (secondary N) is 2. The number of carbonyl (C=O) groups is 2. The molecule has 2 fully saturated rings. The molecule has 0 aromatic heterocycles. The van der Waals surface area contributed by atoms with Crippen molar-refractivity contribution in [3.05, 3.63) is 84.0 Å². The molecule has 198 valence electrons. The standard InChI is InChI=1S/C32H37N3O3/c1-38-23-13-9-12-22(20-23)31(36)34-28-17-8-6-15-25(28)32(37)35-19-18-26-29(21-10-3-2-4-11-21)33-27-16-7-5-14-24(27)30(26)35/h2-5,7,9-10,12-14,16,20-21,25-26,28-30,33H,6,8,11,15,17-19H2,1H3,(H,34,36)/t21?,25-,26+,28+,29-,30-/m0/s1. The Bertz CT molecular complexity index is 1250. The summed E-state index contributed by atoms with van der Waals surface area (Å²) < 4.78 is 5.30. The van der Waals surface area contributed by atoms with Gasteiger partial charge in [-0.1, -0.05) is 61.4 Å². The first-order valence-electron chi connectivity index (χ1n) is 14.1. The number of benzene rings is 2. The Morgan fingerprint density at radius 3 is 2.74 bits per heavy atom. The molecule has 2 amide bonds. The maximum absolute atomic E-state index is 14.3. The topological polar surface area (TPSA) is 70.7 Å². The van der Waals surface area contributed by atoms with Crippen molar-refractivity contribution >= 4 is 17.5 Å². The van der Waals surface area contributed by atoms with Gasteiger partial charge < -0.3 is 20.3 Å². The van der Waals surface area contributed by atoms with Gasteiger partial charge in [-0.3, -0.25) is 9.59 Å². The minimum Gasteiger partial charge on any atom is -0.497 e. The van der Waals surface area contributed by atoms with Crippen molar-refractivity contribution in [2.75, 3.05) is 19.0 Å². The van der Waals surface area contributed by atoms with Crippen molar-refractivity contribution in [3.63, 3.8) is 0 Å². The average molecular weight is 512 g/mol. The number of anilines is 1. The highest BCUT2D eigenvalue weighted by atomic mass is 16.5. The predicted octanol–water partition coefficient (Wildman–Crippen LogP) is 5.50. The lowest BCUT2D eigenvalue weighted by Gasteiger charge is -2.44. The van der Waals surface area contributed by atoms with E-state index in [1.54, 1.807) is 19.2 Å². The molecule has 1 saturated carbocycles. The number of likely N-dealkylation sites (tertiary alicyclic amines) is 1. The summed E-state index contributed by atoms with van der Waals surface area (Å²) in [5, 5.41) is 7.07. The molecule has 4 aliphatic rings. The van der Waals surface area contributed by atoms with Gasteiger partial charge in [-0.25, -0.2) is 0 Å². The van der Waals surface area contributed by atoms with Gasteiger partial charge >= 0.3 is 0 Å². The van der Waals surface area contributed by atoms with Crippen LogP contribution in [0.5, 0.6) is 5.75 Å². The summed E-state index contributed by atoms with van der Waals surface area (Å²) in [6.45, 7) is 0.764. The molecule has 6 atom stereocenters. The van der Waals surface area contributed by atoms with Crippen LogP contribution in [0, 0.1) is 17.8 Å². The van der Waals surface area contributed by atoms with Crippen LogP contribution in [-0.4, -0.2) is 42.5 Å². The Morgan fingerprint density at radius 2 is 1.89 bits per heavy atom. The van der Waals surface area contributed by atoms with Crippen LogP contribution in [0.3, 0.4) is 0 Å². The Kier molecular flexibility index (Phi) is 6.96. The van der Waals surface area contributed by atoms with Gasteiger partial charge in [0.1, 0.15) is 5.75 Å². The van der Waals surface area contributed by atoms with Gasteiger partial charge in [0.15, 0.2) is 0 Å². The lowest BCUT2D eigenvalue weighted by molar-refractivity contribution is -0.139. The minimum atomic E-state index is -0.199. The number of hydrogen-bond acceptors (Lipinski definition) is 4. The van der Waals surface area contributed by atoms with E-state index in [0.29, 0.717) is 29.2 Å². The molecule has 0 spiro atoms. The number of amides is 2. The summed E-state index contributed by atoms with van der Waals surface area (Å²) in [6, 6.07) is 15.9. The van der Waals surface area contributed by atoms with E-state index in [-0.39, 0.29) is 29.8 Å². The zero-order chi connectivity index (χ0) is 26.1. The Labute approximate surface area is 225 Å². The molecule has 2 heterocycles. The summed E-state index contributed by atoms with van der Waals surface area (Å²) in [6.07, 6.45) is 14.5. The van der Waals surface area contributed by atoms with Gasteiger partial charge in [0.25, 0.3) is 5.91 Å². The second-order valence-electron chi connectivity index (χ2n) is 11.1. The second-order valence-corrected chi connectivity index (χ2v) is 11.1. The Hall–Kier alpha value is -3.54. The van der Waals surface area contributed by atoms with E-state index in [1.807, 2.05) is 12.1 Å². The predicted molar refractivity (Wildman–Crippen MR) is 149 cm³/mol. The molecule has 1 unspecified atom stereocenters. The van der Waals surface area contributed by atoms with E-state index < -0.39 is 0 Å². The number of ether oxygens (including phenoxy) is 1. The summed E-state index contributed by atoms with van der Waals surface area (Å²) in [4.78, 5) is 29.6. The van der Waals surface area contributed by atoms with Gasteiger partial charge in [-0.15, -0.1) is 0 Å². The van der Waals surface area contributed by atoms with Gasteiger partial charge in [-0.05, 0) is 55.5 Å². The van der Waals surface area contributed by atoms with Crippen LogP contribution in [0.1, 0.15) is 60.5 Å². The summed E-state index contributed by atoms with van der Waals surface area (Å²) in [5.41, 5.74) is 2.93. The average Bonchev–Trinajstić information content (AvgIpc) is 3.43. The van der Waals surface area contributed by atoms with E-state index in [4.69, 9.17) is 4.74 Å². The summed E-state index contributed by atoms with van der Waals surface area (Å²) in [7, 11) is 1.60. The zero-order valence-corrected chi connectivity index (χ0v) is 22.0.